The van der Waals surface area contributed by atoms with Crippen LogP contribution in [0.2, 0.25) is 18.6 Å². The zero-order valence-corrected chi connectivity index (χ0v) is 12.5. The van der Waals surface area contributed by atoms with Gasteiger partial charge in [0.05, 0.1) is 6.61 Å². The van der Waals surface area contributed by atoms with Crippen LogP contribution in [0.3, 0.4) is 0 Å². The zero-order valence-electron chi connectivity index (χ0n) is 11.5. The fourth-order valence-electron chi connectivity index (χ4n) is 1.98. The number of hydrogen-bond acceptors (Lipinski definition) is 3. The van der Waals surface area contributed by atoms with Crippen molar-refractivity contribution in [2.45, 2.75) is 51.7 Å². The third-order valence-corrected chi connectivity index (χ3v) is 6.74. The van der Waals surface area contributed by atoms with Crippen molar-refractivity contribution in [3.8, 4) is 0 Å². The number of hydrogen-bond donors (Lipinski definition) is 0. The summed E-state index contributed by atoms with van der Waals surface area (Å²) in [5.41, 5.74) is 0. The van der Waals surface area contributed by atoms with Crippen molar-refractivity contribution < 1.29 is 14.0 Å². The van der Waals surface area contributed by atoms with Crippen molar-refractivity contribution in [3.05, 3.63) is 12.7 Å². The molecule has 0 aromatic heterocycles. The summed E-state index contributed by atoms with van der Waals surface area (Å²) in [6, 6.07) is 2.37. The van der Waals surface area contributed by atoms with E-state index in [4.69, 9.17) is 9.16 Å². The normalized spacial score (nSPS) is 14.1. The monoisotopic (exact) mass is 258 g/mol. The van der Waals surface area contributed by atoms with E-state index in [1.807, 2.05) is 0 Å². The summed E-state index contributed by atoms with van der Waals surface area (Å²) in [5, 5.41) is 0. The predicted molar refractivity (Wildman–Crippen MR) is 73.5 cm³/mol. The van der Waals surface area contributed by atoms with Gasteiger partial charge in [0.25, 0.3) is 0 Å². The van der Waals surface area contributed by atoms with Crippen LogP contribution in [0.5, 0.6) is 0 Å². The van der Waals surface area contributed by atoms with Gasteiger partial charge in [0.2, 0.25) is 0 Å². The molecule has 0 aliphatic heterocycles. The molecule has 1 atom stereocenters. The molecule has 1 unspecified atom stereocenters. The molecule has 0 radical (unpaired) electrons. The van der Waals surface area contributed by atoms with Crippen molar-refractivity contribution in [3.63, 3.8) is 0 Å². The number of esters is 1. The topological polar surface area (TPSA) is 35.5 Å². The molecule has 0 aliphatic carbocycles. The van der Waals surface area contributed by atoms with E-state index in [1.54, 1.807) is 0 Å². The number of rotatable bonds is 10. The van der Waals surface area contributed by atoms with Crippen LogP contribution in [0, 0.1) is 0 Å². The van der Waals surface area contributed by atoms with Gasteiger partial charge >= 0.3 is 5.97 Å². The summed E-state index contributed by atoms with van der Waals surface area (Å²) in [7, 11) is -1.50. The molecule has 0 amide bonds. The van der Waals surface area contributed by atoms with E-state index in [0.717, 1.165) is 25.5 Å². The van der Waals surface area contributed by atoms with Gasteiger partial charge in [-0.25, -0.2) is 4.79 Å². The van der Waals surface area contributed by atoms with Gasteiger partial charge in [0, 0.05) is 12.7 Å². The lowest BCUT2D eigenvalue weighted by Crippen LogP contribution is -2.34. The van der Waals surface area contributed by atoms with E-state index in [-0.39, 0.29) is 5.97 Å². The van der Waals surface area contributed by atoms with Crippen molar-refractivity contribution in [2.75, 3.05) is 13.2 Å². The SMILES string of the molecule is C=CC(=O)OCCCC[Si](C)(CCC)OCC. The van der Waals surface area contributed by atoms with Crippen LogP contribution < -0.4 is 0 Å². The molecule has 0 aliphatic rings. The Labute approximate surface area is 106 Å². The molecule has 0 rings (SSSR count). The smallest absolute Gasteiger partial charge is 0.330 e. The van der Waals surface area contributed by atoms with Gasteiger partial charge in [-0.05, 0) is 32.0 Å². The molecule has 3 nitrogen and oxygen atoms in total. The van der Waals surface area contributed by atoms with Crippen LogP contribution >= 0.6 is 0 Å². The molecule has 0 bridgehead atoms. The highest BCUT2D eigenvalue weighted by Gasteiger charge is 2.26. The van der Waals surface area contributed by atoms with Crippen LogP contribution in [0.25, 0.3) is 0 Å². The fraction of sp³-hybridized carbons (Fsp3) is 0.769. The molecule has 0 saturated heterocycles. The minimum Gasteiger partial charge on any atom is -0.463 e. The average molecular weight is 258 g/mol. The molecule has 4 heteroatoms. The Morgan fingerprint density at radius 3 is 2.53 bits per heavy atom. The lowest BCUT2D eigenvalue weighted by Gasteiger charge is -2.26. The Hall–Kier alpha value is -0.613. The average Bonchev–Trinajstić information content (AvgIpc) is 2.29. The Bertz CT molecular complexity index is 223. The second-order valence-corrected chi connectivity index (χ2v) is 8.65. The maximum Gasteiger partial charge on any atom is 0.330 e. The highest BCUT2D eigenvalue weighted by Crippen LogP contribution is 2.21. The van der Waals surface area contributed by atoms with Gasteiger partial charge in [-0.2, -0.15) is 0 Å². The third-order valence-electron chi connectivity index (χ3n) is 2.78. The molecular formula is C13H26O3Si. The van der Waals surface area contributed by atoms with E-state index >= 15 is 0 Å². The number of ether oxygens (including phenoxy) is 1. The number of unbranched alkanes of at least 4 members (excludes halogenated alkanes) is 1. The maximum atomic E-state index is 10.8. The predicted octanol–water partition coefficient (Wildman–Crippen LogP) is 3.52. The van der Waals surface area contributed by atoms with E-state index < -0.39 is 8.32 Å². The highest BCUT2D eigenvalue weighted by atomic mass is 28.4. The molecular weight excluding hydrogens is 232 g/mol. The van der Waals surface area contributed by atoms with Crippen molar-refractivity contribution in [1.82, 2.24) is 0 Å². The lowest BCUT2D eigenvalue weighted by atomic mass is 10.4. The van der Waals surface area contributed by atoms with Crippen molar-refractivity contribution in [2.24, 2.45) is 0 Å². The van der Waals surface area contributed by atoms with Gasteiger partial charge in [0.1, 0.15) is 0 Å². The number of carbonyl (C=O) groups is 1. The zero-order chi connectivity index (χ0) is 13.1. The van der Waals surface area contributed by atoms with Gasteiger partial charge in [-0.3, -0.25) is 0 Å². The Morgan fingerprint density at radius 2 is 2.00 bits per heavy atom. The molecule has 100 valence electrons. The van der Waals surface area contributed by atoms with Crippen LogP contribution in [-0.2, 0) is 14.0 Å². The molecule has 0 N–H and O–H groups in total. The molecule has 0 fully saturated rings. The molecule has 0 aromatic carbocycles. The summed E-state index contributed by atoms with van der Waals surface area (Å²) in [5.74, 6) is -0.330. The second-order valence-electron chi connectivity index (χ2n) is 4.46. The standard InChI is InChI=1S/C13H26O3Si/c1-5-11-17(4,16-7-3)12-9-8-10-15-13(14)6-2/h6H,2,5,7-12H2,1,3-4H3. The first-order chi connectivity index (χ1) is 8.08. The van der Waals surface area contributed by atoms with E-state index in [2.05, 4.69) is 27.0 Å². The minimum absolute atomic E-state index is 0.330. The first-order valence-corrected chi connectivity index (χ1v) is 9.33. The second kappa shape index (κ2) is 9.42. The quantitative estimate of drug-likeness (QED) is 0.260. The van der Waals surface area contributed by atoms with Crippen LogP contribution in [0.15, 0.2) is 12.7 Å². The molecule has 0 saturated carbocycles. The van der Waals surface area contributed by atoms with Crippen LogP contribution in [0.1, 0.15) is 33.1 Å². The summed E-state index contributed by atoms with van der Waals surface area (Å²) in [6.07, 6.45) is 4.39. The highest BCUT2D eigenvalue weighted by molar-refractivity contribution is 6.72. The van der Waals surface area contributed by atoms with Gasteiger partial charge < -0.3 is 9.16 Å². The van der Waals surface area contributed by atoms with E-state index in [1.165, 1.54) is 18.5 Å². The first-order valence-electron chi connectivity index (χ1n) is 6.51. The molecule has 0 heterocycles. The minimum atomic E-state index is -1.50. The van der Waals surface area contributed by atoms with Gasteiger partial charge in [0.15, 0.2) is 8.32 Å². The van der Waals surface area contributed by atoms with Crippen molar-refractivity contribution in [1.29, 1.82) is 0 Å². The molecule has 17 heavy (non-hydrogen) atoms. The summed E-state index contributed by atoms with van der Waals surface area (Å²) >= 11 is 0. The van der Waals surface area contributed by atoms with E-state index in [0.29, 0.717) is 6.61 Å². The van der Waals surface area contributed by atoms with Crippen LogP contribution in [-0.4, -0.2) is 27.5 Å². The third kappa shape index (κ3) is 8.16. The molecule has 0 spiro atoms. The fourth-order valence-corrected chi connectivity index (χ4v) is 5.27. The Morgan fingerprint density at radius 1 is 1.29 bits per heavy atom. The summed E-state index contributed by atoms with van der Waals surface area (Å²) in [6.45, 7) is 11.2. The summed E-state index contributed by atoms with van der Waals surface area (Å²) < 4.78 is 10.9. The Balaban J connectivity index is 3.74. The van der Waals surface area contributed by atoms with Gasteiger partial charge in [-0.1, -0.05) is 26.3 Å². The van der Waals surface area contributed by atoms with Crippen molar-refractivity contribution >= 4 is 14.3 Å². The van der Waals surface area contributed by atoms with E-state index in [9.17, 15) is 4.79 Å². The maximum absolute atomic E-state index is 10.8. The first kappa shape index (κ1) is 16.4. The molecule has 0 aromatic rings. The van der Waals surface area contributed by atoms with Crippen LogP contribution in [0.4, 0.5) is 0 Å². The largest absolute Gasteiger partial charge is 0.463 e. The lowest BCUT2D eigenvalue weighted by molar-refractivity contribution is -0.137. The summed E-state index contributed by atoms with van der Waals surface area (Å²) in [4.78, 5) is 10.8. The number of carbonyl (C=O) groups excluding carboxylic acids is 1. The van der Waals surface area contributed by atoms with Gasteiger partial charge in [-0.15, -0.1) is 0 Å². The Kier molecular flexibility index (Phi) is 9.08.